The first-order valence-corrected chi connectivity index (χ1v) is 5.10. The van der Waals surface area contributed by atoms with E-state index in [0.717, 1.165) is 0 Å². The lowest BCUT2D eigenvalue weighted by atomic mass is 9.60. The molecule has 2 aliphatic rings. The number of fused-ring (bicyclic) bond motifs is 1. The Morgan fingerprint density at radius 1 is 1.14 bits per heavy atom. The van der Waals surface area contributed by atoms with E-state index >= 15 is 0 Å². The number of aliphatic hydroxyl groups excluding tert-OH is 3. The van der Waals surface area contributed by atoms with Gasteiger partial charge in [0.1, 0.15) is 6.10 Å². The molecule has 2 fully saturated rings. The normalized spacial score (nSPS) is 57.2. The average Bonchev–Trinajstić information content (AvgIpc) is 2.38. The van der Waals surface area contributed by atoms with Gasteiger partial charge in [0.05, 0.1) is 29.8 Å². The summed E-state index contributed by atoms with van der Waals surface area (Å²) in [5, 5.41) is 29.1. The molecule has 3 N–H and O–H groups in total. The van der Waals surface area contributed by atoms with Crippen LogP contribution in [0, 0.1) is 11.3 Å². The van der Waals surface area contributed by atoms with Crippen LogP contribution >= 0.6 is 0 Å². The first kappa shape index (κ1) is 10.4. The number of aliphatic hydroxyl groups is 3. The van der Waals surface area contributed by atoms with Crippen molar-refractivity contribution in [3.63, 3.8) is 0 Å². The van der Waals surface area contributed by atoms with Gasteiger partial charge in [-0.15, -0.1) is 0 Å². The second-order valence-electron chi connectivity index (χ2n) is 5.01. The zero-order valence-corrected chi connectivity index (χ0v) is 8.71. The minimum Gasteiger partial charge on any atom is -0.390 e. The van der Waals surface area contributed by atoms with Crippen LogP contribution in [0.15, 0.2) is 0 Å². The van der Waals surface area contributed by atoms with Crippen molar-refractivity contribution < 1.29 is 20.1 Å². The summed E-state index contributed by atoms with van der Waals surface area (Å²) in [7, 11) is 0. The summed E-state index contributed by atoms with van der Waals surface area (Å²) < 4.78 is 5.56. The summed E-state index contributed by atoms with van der Waals surface area (Å²) in [6.07, 6.45) is -3.10. The maximum Gasteiger partial charge on any atom is 0.107 e. The molecule has 2 rings (SSSR count). The number of hydrogen-bond acceptors (Lipinski definition) is 4. The third-order valence-corrected chi connectivity index (χ3v) is 3.79. The second kappa shape index (κ2) is 2.92. The monoisotopic (exact) mass is 202 g/mol. The fraction of sp³-hybridized carbons (Fsp3) is 1.00. The highest BCUT2D eigenvalue weighted by Gasteiger charge is 2.69. The molecule has 0 amide bonds. The molecule has 6 atom stereocenters. The Labute approximate surface area is 83.5 Å². The smallest absolute Gasteiger partial charge is 0.107 e. The Bertz CT molecular complexity index is 242. The van der Waals surface area contributed by atoms with E-state index in [2.05, 4.69) is 0 Å². The van der Waals surface area contributed by atoms with E-state index in [0.29, 0.717) is 0 Å². The van der Waals surface area contributed by atoms with Gasteiger partial charge in [-0.05, 0) is 5.92 Å². The standard InChI is InChI=1S/C10H18O4/c1-4(2)6-8(13)10(3)7(12)5(11)9(10)14-6/h4-9,11-13H,1-3H3/t5-,6+,7?,8?,9?,10?/m1/s1. The van der Waals surface area contributed by atoms with Crippen LogP contribution in [0.3, 0.4) is 0 Å². The SMILES string of the molecule is CC(C)[C@@H]1OC2[C@H](O)C(O)C2(C)C1O. The highest BCUT2D eigenvalue weighted by Crippen LogP contribution is 2.53. The molecule has 1 saturated carbocycles. The summed E-state index contributed by atoms with van der Waals surface area (Å²) in [5.41, 5.74) is -0.686. The highest BCUT2D eigenvalue weighted by molar-refractivity contribution is 5.17. The van der Waals surface area contributed by atoms with Gasteiger partial charge < -0.3 is 20.1 Å². The number of rotatable bonds is 1. The molecule has 0 aromatic carbocycles. The van der Waals surface area contributed by atoms with Crippen molar-refractivity contribution in [2.45, 2.75) is 51.3 Å². The largest absolute Gasteiger partial charge is 0.390 e. The molecule has 1 aliphatic heterocycles. The summed E-state index contributed by atoms with van der Waals surface area (Å²) in [5.74, 6) is 0.187. The average molecular weight is 202 g/mol. The Morgan fingerprint density at radius 2 is 1.71 bits per heavy atom. The Balaban J connectivity index is 2.22. The molecule has 4 nitrogen and oxygen atoms in total. The van der Waals surface area contributed by atoms with Crippen molar-refractivity contribution in [1.82, 2.24) is 0 Å². The molecule has 0 aromatic rings. The van der Waals surface area contributed by atoms with E-state index in [1.807, 2.05) is 13.8 Å². The van der Waals surface area contributed by atoms with Gasteiger partial charge in [0.2, 0.25) is 0 Å². The Hall–Kier alpha value is -0.160. The zero-order valence-electron chi connectivity index (χ0n) is 8.71. The van der Waals surface area contributed by atoms with Crippen LogP contribution in [-0.2, 0) is 4.74 Å². The Kier molecular flexibility index (Phi) is 2.16. The maximum atomic E-state index is 10.0. The second-order valence-corrected chi connectivity index (χ2v) is 5.01. The van der Waals surface area contributed by atoms with Crippen molar-refractivity contribution in [3.05, 3.63) is 0 Å². The molecule has 0 spiro atoms. The van der Waals surface area contributed by atoms with Gasteiger partial charge in [0, 0.05) is 0 Å². The molecule has 0 radical (unpaired) electrons. The van der Waals surface area contributed by atoms with Crippen LogP contribution in [0.4, 0.5) is 0 Å². The van der Waals surface area contributed by atoms with Gasteiger partial charge >= 0.3 is 0 Å². The van der Waals surface area contributed by atoms with Crippen molar-refractivity contribution in [2.75, 3.05) is 0 Å². The molecule has 4 heteroatoms. The van der Waals surface area contributed by atoms with Crippen LogP contribution in [-0.4, -0.2) is 45.8 Å². The lowest BCUT2D eigenvalue weighted by Crippen LogP contribution is -2.68. The molecule has 0 bridgehead atoms. The van der Waals surface area contributed by atoms with Crippen molar-refractivity contribution >= 4 is 0 Å². The third kappa shape index (κ3) is 0.972. The van der Waals surface area contributed by atoms with E-state index in [1.54, 1.807) is 6.92 Å². The van der Waals surface area contributed by atoms with E-state index < -0.39 is 29.8 Å². The van der Waals surface area contributed by atoms with Gasteiger partial charge in [-0.25, -0.2) is 0 Å². The molecule has 82 valence electrons. The predicted molar refractivity (Wildman–Crippen MR) is 49.6 cm³/mol. The molecular formula is C10H18O4. The first-order chi connectivity index (χ1) is 6.40. The first-order valence-electron chi connectivity index (χ1n) is 5.10. The summed E-state index contributed by atoms with van der Waals surface area (Å²) in [4.78, 5) is 0. The van der Waals surface area contributed by atoms with Crippen LogP contribution in [0.5, 0.6) is 0 Å². The maximum absolute atomic E-state index is 10.0. The summed E-state index contributed by atoms with van der Waals surface area (Å²) >= 11 is 0. The van der Waals surface area contributed by atoms with Crippen molar-refractivity contribution in [3.8, 4) is 0 Å². The molecule has 4 unspecified atom stereocenters. The lowest BCUT2D eigenvalue weighted by molar-refractivity contribution is -0.234. The predicted octanol–water partition coefficient (Wildman–Crippen LogP) is -0.488. The molecular weight excluding hydrogens is 184 g/mol. The van der Waals surface area contributed by atoms with E-state index in [-0.39, 0.29) is 12.0 Å². The highest BCUT2D eigenvalue weighted by atomic mass is 16.5. The van der Waals surface area contributed by atoms with Gasteiger partial charge in [-0.1, -0.05) is 20.8 Å². The Morgan fingerprint density at radius 3 is 2.14 bits per heavy atom. The van der Waals surface area contributed by atoms with Crippen LogP contribution in [0.1, 0.15) is 20.8 Å². The molecule has 14 heavy (non-hydrogen) atoms. The lowest BCUT2D eigenvalue weighted by Gasteiger charge is -2.50. The number of hydrogen-bond donors (Lipinski definition) is 3. The van der Waals surface area contributed by atoms with Gasteiger partial charge in [-0.2, -0.15) is 0 Å². The topological polar surface area (TPSA) is 69.9 Å². The molecule has 0 aromatic heterocycles. The van der Waals surface area contributed by atoms with Crippen LogP contribution < -0.4 is 0 Å². The zero-order chi connectivity index (χ0) is 10.7. The van der Waals surface area contributed by atoms with Gasteiger partial charge in [0.15, 0.2) is 0 Å². The minimum atomic E-state index is -0.869. The minimum absolute atomic E-state index is 0.187. The van der Waals surface area contributed by atoms with Crippen molar-refractivity contribution in [2.24, 2.45) is 11.3 Å². The van der Waals surface area contributed by atoms with Crippen molar-refractivity contribution in [1.29, 1.82) is 0 Å². The van der Waals surface area contributed by atoms with Gasteiger partial charge in [-0.3, -0.25) is 0 Å². The number of ether oxygens (including phenoxy) is 1. The molecule has 1 aliphatic carbocycles. The molecule has 1 saturated heterocycles. The van der Waals surface area contributed by atoms with E-state index in [1.165, 1.54) is 0 Å². The fourth-order valence-electron chi connectivity index (χ4n) is 2.64. The summed E-state index contributed by atoms with van der Waals surface area (Å²) in [6.45, 7) is 5.68. The van der Waals surface area contributed by atoms with Gasteiger partial charge in [0.25, 0.3) is 0 Å². The fourth-order valence-corrected chi connectivity index (χ4v) is 2.64. The van der Waals surface area contributed by atoms with Crippen LogP contribution in [0.2, 0.25) is 0 Å². The third-order valence-electron chi connectivity index (χ3n) is 3.79. The quantitative estimate of drug-likeness (QED) is 0.537. The van der Waals surface area contributed by atoms with Crippen LogP contribution in [0.25, 0.3) is 0 Å². The summed E-state index contributed by atoms with van der Waals surface area (Å²) in [6, 6.07) is 0. The molecule has 1 heterocycles. The van der Waals surface area contributed by atoms with E-state index in [9.17, 15) is 15.3 Å². The van der Waals surface area contributed by atoms with E-state index in [4.69, 9.17) is 4.74 Å².